The lowest BCUT2D eigenvalue weighted by Gasteiger charge is -2.20. The van der Waals surface area contributed by atoms with Gasteiger partial charge in [0.15, 0.2) is 0 Å². The third-order valence-corrected chi connectivity index (χ3v) is 3.74. The van der Waals surface area contributed by atoms with Crippen molar-refractivity contribution in [3.8, 4) is 0 Å². The molecule has 0 saturated carbocycles. The maximum absolute atomic E-state index is 4.71. The summed E-state index contributed by atoms with van der Waals surface area (Å²) in [6, 6.07) is 0. The summed E-state index contributed by atoms with van der Waals surface area (Å²) in [5.74, 6) is 1.00. The number of likely N-dealkylation sites (N-methyl/N-ethyl adjacent to an activating group) is 1. The third-order valence-electron chi connectivity index (χ3n) is 3.74. The van der Waals surface area contributed by atoms with Crippen LogP contribution >= 0.6 is 0 Å². The van der Waals surface area contributed by atoms with Crippen LogP contribution < -0.4 is 5.32 Å². The van der Waals surface area contributed by atoms with Crippen LogP contribution in [0.3, 0.4) is 0 Å². The molecular formula is C14H24N4. The molecule has 0 saturated heterocycles. The van der Waals surface area contributed by atoms with Crippen LogP contribution in [0.15, 0.2) is 0 Å². The van der Waals surface area contributed by atoms with Crippen molar-refractivity contribution in [2.75, 3.05) is 26.2 Å². The molecule has 18 heavy (non-hydrogen) atoms. The summed E-state index contributed by atoms with van der Waals surface area (Å²) in [5.41, 5.74) is 3.75. The van der Waals surface area contributed by atoms with Gasteiger partial charge in [0.25, 0.3) is 0 Å². The molecular weight excluding hydrogens is 224 g/mol. The zero-order chi connectivity index (χ0) is 13.0. The van der Waals surface area contributed by atoms with Crippen LogP contribution in [0.1, 0.15) is 36.6 Å². The molecule has 0 fully saturated rings. The van der Waals surface area contributed by atoms with E-state index in [1.807, 2.05) is 0 Å². The number of hydrogen-bond donors (Lipinski definition) is 1. The molecule has 2 heterocycles. The number of fused-ring (bicyclic) bond motifs is 1. The van der Waals surface area contributed by atoms with E-state index in [0.717, 1.165) is 51.4 Å². The van der Waals surface area contributed by atoms with E-state index < -0.39 is 0 Å². The first-order valence-electron chi connectivity index (χ1n) is 7.03. The number of aromatic nitrogens is 2. The van der Waals surface area contributed by atoms with Crippen LogP contribution in [-0.4, -0.2) is 41.0 Å². The SMILES string of the molecule is CCN(CC)CCc1nc(C)c2c(n1)CNCC2. The van der Waals surface area contributed by atoms with Crippen molar-refractivity contribution in [2.24, 2.45) is 0 Å². The van der Waals surface area contributed by atoms with E-state index in [4.69, 9.17) is 4.98 Å². The summed E-state index contributed by atoms with van der Waals surface area (Å²) in [4.78, 5) is 11.8. The zero-order valence-electron chi connectivity index (χ0n) is 11.8. The van der Waals surface area contributed by atoms with Crippen LogP contribution in [0.5, 0.6) is 0 Å². The first kappa shape index (κ1) is 13.4. The molecule has 0 aromatic carbocycles. The van der Waals surface area contributed by atoms with E-state index in [2.05, 4.69) is 36.0 Å². The summed E-state index contributed by atoms with van der Waals surface area (Å²) in [6.07, 6.45) is 2.02. The maximum atomic E-state index is 4.71. The van der Waals surface area contributed by atoms with Gasteiger partial charge in [0.1, 0.15) is 5.82 Å². The minimum absolute atomic E-state index is 0.900. The van der Waals surface area contributed by atoms with Crippen molar-refractivity contribution in [2.45, 2.75) is 40.2 Å². The second kappa shape index (κ2) is 6.25. The molecule has 0 unspecified atom stereocenters. The van der Waals surface area contributed by atoms with Gasteiger partial charge in [-0.3, -0.25) is 0 Å². The Bertz CT molecular complexity index is 399. The second-order valence-corrected chi connectivity index (χ2v) is 4.85. The van der Waals surface area contributed by atoms with E-state index in [9.17, 15) is 0 Å². The minimum Gasteiger partial charge on any atom is -0.311 e. The molecule has 4 nitrogen and oxygen atoms in total. The molecule has 0 spiro atoms. The van der Waals surface area contributed by atoms with Gasteiger partial charge in [0.05, 0.1) is 5.69 Å². The summed E-state index contributed by atoms with van der Waals surface area (Å²) < 4.78 is 0. The van der Waals surface area contributed by atoms with E-state index in [0.29, 0.717) is 0 Å². The molecule has 1 aromatic heterocycles. The summed E-state index contributed by atoms with van der Waals surface area (Å²) in [5, 5.41) is 3.38. The van der Waals surface area contributed by atoms with Crippen LogP contribution in [-0.2, 0) is 19.4 Å². The van der Waals surface area contributed by atoms with Crippen LogP contribution in [0, 0.1) is 6.92 Å². The molecule has 1 N–H and O–H groups in total. The Balaban J connectivity index is 2.07. The normalized spacial score (nSPS) is 14.9. The fourth-order valence-corrected chi connectivity index (χ4v) is 2.52. The Hall–Kier alpha value is -1.00. The number of rotatable bonds is 5. The van der Waals surface area contributed by atoms with Crippen LogP contribution in [0.25, 0.3) is 0 Å². The molecule has 2 rings (SSSR count). The highest BCUT2D eigenvalue weighted by molar-refractivity contribution is 5.27. The van der Waals surface area contributed by atoms with Crippen molar-refractivity contribution in [1.82, 2.24) is 20.2 Å². The summed E-state index contributed by atoms with van der Waals surface area (Å²) in [6.45, 7) is 11.7. The van der Waals surface area contributed by atoms with Gasteiger partial charge in [-0.15, -0.1) is 0 Å². The monoisotopic (exact) mass is 248 g/mol. The molecule has 0 aliphatic carbocycles. The average Bonchev–Trinajstić information content (AvgIpc) is 2.40. The van der Waals surface area contributed by atoms with Gasteiger partial charge in [-0.05, 0) is 38.5 Å². The fraction of sp³-hybridized carbons (Fsp3) is 0.714. The lowest BCUT2D eigenvalue weighted by Crippen LogP contribution is -2.28. The number of aryl methyl sites for hydroxylation is 1. The van der Waals surface area contributed by atoms with Gasteiger partial charge in [-0.25, -0.2) is 9.97 Å². The van der Waals surface area contributed by atoms with Crippen LogP contribution in [0.2, 0.25) is 0 Å². The molecule has 1 aliphatic rings. The Kier molecular flexibility index (Phi) is 4.66. The number of hydrogen-bond acceptors (Lipinski definition) is 4. The molecule has 4 heteroatoms. The van der Waals surface area contributed by atoms with Crippen molar-refractivity contribution >= 4 is 0 Å². The second-order valence-electron chi connectivity index (χ2n) is 4.85. The van der Waals surface area contributed by atoms with Gasteiger partial charge in [0.2, 0.25) is 0 Å². The van der Waals surface area contributed by atoms with Crippen molar-refractivity contribution in [3.05, 3.63) is 22.8 Å². The molecule has 1 aromatic rings. The maximum Gasteiger partial charge on any atom is 0.130 e. The van der Waals surface area contributed by atoms with E-state index in [-0.39, 0.29) is 0 Å². The van der Waals surface area contributed by atoms with Gasteiger partial charge in [0, 0.05) is 25.2 Å². The fourth-order valence-electron chi connectivity index (χ4n) is 2.52. The van der Waals surface area contributed by atoms with E-state index >= 15 is 0 Å². The third kappa shape index (κ3) is 3.06. The van der Waals surface area contributed by atoms with E-state index in [1.165, 1.54) is 17.0 Å². The Morgan fingerprint density at radius 2 is 2.00 bits per heavy atom. The molecule has 1 aliphatic heterocycles. The molecule has 100 valence electrons. The Morgan fingerprint density at radius 1 is 1.22 bits per heavy atom. The predicted octanol–water partition coefficient (Wildman–Crippen LogP) is 1.32. The minimum atomic E-state index is 0.900. The Labute approximate surface area is 110 Å². The first-order valence-corrected chi connectivity index (χ1v) is 7.03. The Morgan fingerprint density at radius 3 is 2.72 bits per heavy atom. The van der Waals surface area contributed by atoms with Crippen molar-refractivity contribution in [1.29, 1.82) is 0 Å². The summed E-state index contributed by atoms with van der Waals surface area (Å²) in [7, 11) is 0. The van der Waals surface area contributed by atoms with Gasteiger partial charge < -0.3 is 10.2 Å². The largest absolute Gasteiger partial charge is 0.311 e. The summed E-state index contributed by atoms with van der Waals surface area (Å²) >= 11 is 0. The average molecular weight is 248 g/mol. The zero-order valence-corrected chi connectivity index (χ0v) is 11.8. The molecule has 0 bridgehead atoms. The number of nitrogens with one attached hydrogen (secondary N) is 1. The lowest BCUT2D eigenvalue weighted by atomic mass is 10.0. The van der Waals surface area contributed by atoms with Crippen LogP contribution in [0.4, 0.5) is 0 Å². The molecule has 0 radical (unpaired) electrons. The lowest BCUT2D eigenvalue weighted by molar-refractivity contribution is 0.305. The van der Waals surface area contributed by atoms with Crippen molar-refractivity contribution in [3.63, 3.8) is 0 Å². The quantitative estimate of drug-likeness (QED) is 0.853. The van der Waals surface area contributed by atoms with Gasteiger partial charge in [-0.2, -0.15) is 0 Å². The molecule has 0 atom stereocenters. The molecule has 0 amide bonds. The predicted molar refractivity (Wildman–Crippen MR) is 73.7 cm³/mol. The number of nitrogens with zero attached hydrogens (tertiary/aromatic N) is 3. The van der Waals surface area contributed by atoms with Gasteiger partial charge in [-0.1, -0.05) is 13.8 Å². The standard InChI is InChI=1S/C14H24N4/c1-4-18(5-2)9-7-14-16-11(3)12-6-8-15-10-13(12)17-14/h15H,4-10H2,1-3H3. The highest BCUT2D eigenvalue weighted by Crippen LogP contribution is 2.15. The smallest absolute Gasteiger partial charge is 0.130 e. The highest BCUT2D eigenvalue weighted by Gasteiger charge is 2.15. The first-order chi connectivity index (χ1) is 8.74. The van der Waals surface area contributed by atoms with Gasteiger partial charge >= 0.3 is 0 Å². The topological polar surface area (TPSA) is 41.1 Å². The highest BCUT2D eigenvalue weighted by atomic mass is 15.1. The van der Waals surface area contributed by atoms with E-state index in [1.54, 1.807) is 0 Å². The van der Waals surface area contributed by atoms with Crippen molar-refractivity contribution < 1.29 is 0 Å².